The van der Waals surface area contributed by atoms with Gasteiger partial charge in [0.25, 0.3) is 11.8 Å². The smallest absolute Gasteiger partial charge is 0.267 e. The number of hydrogen-bond donors (Lipinski definition) is 1. The van der Waals surface area contributed by atoms with Crippen molar-refractivity contribution in [2.24, 2.45) is 0 Å². The lowest BCUT2D eigenvalue weighted by atomic mass is 10.1. The molecule has 0 saturated carbocycles. The van der Waals surface area contributed by atoms with E-state index < -0.39 is 6.10 Å². The zero-order valence-electron chi connectivity index (χ0n) is 16.2. The highest BCUT2D eigenvalue weighted by Gasteiger charge is 2.31. The molecule has 2 aromatic carbocycles. The van der Waals surface area contributed by atoms with Crippen LogP contribution in [-0.2, 0) is 9.59 Å². The Morgan fingerprint density at radius 2 is 2.00 bits per heavy atom. The number of carbonyl (C=O) groups is 2. The van der Waals surface area contributed by atoms with Crippen LogP contribution >= 0.6 is 0 Å². The zero-order valence-corrected chi connectivity index (χ0v) is 16.2. The van der Waals surface area contributed by atoms with Crippen LogP contribution in [0.15, 0.2) is 42.5 Å². The van der Waals surface area contributed by atoms with Gasteiger partial charge in [-0.3, -0.25) is 9.59 Å². The van der Waals surface area contributed by atoms with Gasteiger partial charge in [-0.05, 0) is 37.6 Å². The number of rotatable bonds is 7. The number of carbonyl (C=O) groups excluding carboxylic acids is 2. The Morgan fingerprint density at radius 1 is 1.21 bits per heavy atom. The van der Waals surface area contributed by atoms with Gasteiger partial charge in [-0.2, -0.15) is 0 Å². The number of hydrogen-bond acceptors (Lipinski definition) is 5. The monoisotopic (exact) mass is 384 g/mol. The molecule has 0 radical (unpaired) electrons. The Morgan fingerprint density at radius 3 is 2.75 bits per heavy atom. The molecule has 0 fully saturated rings. The van der Waals surface area contributed by atoms with E-state index in [9.17, 15) is 9.59 Å². The molecular weight excluding hydrogens is 360 g/mol. The Labute approximate surface area is 164 Å². The van der Waals surface area contributed by atoms with Crippen molar-refractivity contribution in [3.05, 3.63) is 42.5 Å². The zero-order chi connectivity index (χ0) is 20.1. The van der Waals surface area contributed by atoms with Crippen LogP contribution in [0.25, 0.3) is 0 Å². The van der Waals surface area contributed by atoms with Crippen LogP contribution in [0.2, 0.25) is 0 Å². The molecule has 3 rings (SSSR count). The molecule has 2 aromatic rings. The van der Waals surface area contributed by atoms with Gasteiger partial charge in [0.1, 0.15) is 17.2 Å². The molecule has 1 heterocycles. The summed E-state index contributed by atoms with van der Waals surface area (Å²) in [5.74, 6) is 1.42. The maximum atomic E-state index is 12.3. The highest BCUT2D eigenvalue weighted by atomic mass is 16.5. The summed E-state index contributed by atoms with van der Waals surface area (Å²) in [4.78, 5) is 26.3. The molecule has 0 spiro atoms. The third-order valence-corrected chi connectivity index (χ3v) is 4.31. The molecule has 0 aliphatic carbocycles. The van der Waals surface area contributed by atoms with Crippen molar-refractivity contribution in [2.45, 2.75) is 26.4 Å². The Balaban J connectivity index is 1.65. The van der Waals surface area contributed by atoms with Crippen molar-refractivity contribution in [1.82, 2.24) is 0 Å². The average Bonchev–Trinajstić information content (AvgIpc) is 2.70. The molecule has 1 atom stereocenters. The van der Waals surface area contributed by atoms with Gasteiger partial charge < -0.3 is 24.4 Å². The van der Waals surface area contributed by atoms with Crippen LogP contribution in [0.1, 0.15) is 20.3 Å². The molecule has 1 unspecified atom stereocenters. The quantitative estimate of drug-likeness (QED) is 0.793. The van der Waals surface area contributed by atoms with Crippen LogP contribution < -0.4 is 24.4 Å². The number of amides is 2. The number of fused-ring (bicyclic) bond motifs is 1. The summed E-state index contributed by atoms with van der Waals surface area (Å²) < 4.78 is 16.3. The fraction of sp³-hybridized carbons (Fsp3) is 0.333. The molecule has 0 bridgehead atoms. The second kappa shape index (κ2) is 8.65. The first-order valence-electron chi connectivity index (χ1n) is 9.20. The highest BCUT2D eigenvalue weighted by molar-refractivity contribution is 6.00. The topological polar surface area (TPSA) is 77.1 Å². The predicted molar refractivity (Wildman–Crippen MR) is 106 cm³/mol. The van der Waals surface area contributed by atoms with Gasteiger partial charge in [0.05, 0.1) is 12.8 Å². The molecule has 0 aromatic heterocycles. The van der Waals surface area contributed by atoms with Gasteiger partial charge in [0.2, 0.25) is 0 Å². The molecule has 7 nitrogen and oxygen atoms in total. The summed E-state index contributed by atoms with van der Waals surface area (Å²) in [5, 5.41) is 2.79. The Bertz CT molecular complexity index is 868. The first-order chi connectivity index (χ1) is 13.5. The average molecular weight is 384 g/mol. The van der Waals surface area contributed by atoms with E-state index >= 15 is 0 Å². The lowest BCUT2D eigenvalue weighted by Crippen LogP contribution is -2.44. The second-order valence-corrected chi connectivity index (χ2v) is 6.45. The van der Waals surface area contributed by atoms with E-state index in [0.717, 1.165) is 12.1 Å². The van der Waals surface area contributed by atoms with E-state index in [1.807, 2.05) is 6.92 Å². The molecule has 0 saturated heterocycles. The Kier molecular flexibility index (Phi) is 6.03. The van der Waals surface area contributed by atoms with Crippen molar-refractivity contribution in [1.29, 1.82) is 0 Å². The molecular formula is C21H24N2O5. The van der Waals surface area contributed by atoms with Crippen molar-refractivity contribution in [3.8, 4) is 17.2 Å². The summed E-state index contributed by atoms with van der Waals surface area (Å²) in [7, 11) is 1.57. The van der Waals surface area contributed by atoms with E-state index in [2.05, 4.69) is 5.32 Å². The van der Waals surface area contributed by atoms with Gasteiger partial charge in [-0.25, -0.2) is 0 Å². The third-order valence-electron chi connectivity index (χ3n) is 4.31. The number of nitrogens with one attached hydrogen (secondary N) is 1. The fourth-order valence-electron chi connectivity index (χ4n) is 2.98. The van der Waals surface area contributed by atoms with E-state index in [0.29, 0.717) is 29.5 Å². The standard InChI is InChI=1S/C21H24N2O5/c1-4-10-23-18-9-8-15(11-19(18)28-14(2)21(23)25)22-20(24)13-27-17-7-5-6-16(12-17)26-3/h5-9,11-12,14H,4,10,13H2,1-3H3,(H,22,24). The van der Waals surface area contributed by atoms with Gasteiger partial charge in [0.15, 0.2) is 12.7 Å². The normalized spacial score (nSPS) is 15.5. The minimum Gasteiger partial charge on any atom is -0.497 e. The molecule has 7 heteroatoms. The molecule has 1 aliphatic rings. The number of benzene rings is 2. The molecule has 2 amide bonds. The summed E-state index contributed by atoms with van der Waals surface area (Å²) in [5.41, 5.74) is 1.30. The van der Waals surface area contributed by atoms with Crippen LogP contribution in [0.5, 0.6) is 17.2 Å². The van der Waals surface area contributed by atoms with Crippen LogP contribution in [-0.4, -0.2) is 38.2 Å². The first kappa shape index (κ1) is 19.5. The van der Waals surface area contributed by atoms with Crippen LogP contribution in [0.3, 0.4) is 0 Å². The largest absolute Gasteiger partial charge is 0.497 e. The summed E-state index contributed by atoms with van der Waals surface area (Å²) in [6, 6.07) is 12.3. The summed E-state index contributed by atoms with van der Waals surface area (Å²) >= 11 is 0. The number of ether oxygens (including phenoxy) is 3. The molecule has 1 aliphatic heterocycles. The van der Waals surface area contributed by atoms with Crippen molar-refractivity contribution in [2.75, 3.05) is 30.5 Å². The highest BCUT2D eigenvalue weighted by Crippen LogP contribution is 2.36. The SMILES string of the molecule is CCCN1C(=O)C(C)Oc2cc(NC(=O)COc3cccc(OC)c3)ccc21. The minimum absolute atomic E-state index is 0.0576. The lowest BCUT2D eigenvalue weighted by molar-refractivity contribution is -0.125. The predicted octanol–water partition coefficient (Wildman–Crippen LogP) is 3.24. The van der Waals surface area contributed by atoms with Gasteiger partial charge >= 0.3 is 0 Å². The third kappa shape index (κ3) is 4.36. The van der Waals surface area contributed by atoms with Gasteiger partial charge in [-0.15, -0.1) is 0 Å². The van der Waals surface area contributed by atoms with Gasteiger partial charge in [0, 0.05) is 24.4 Å². The summed E-state index contributed by atoms with van der Waals surface area (Å²) in [6.45, 7) is 4.23. The molecule has 1 N–H and O–H groups in total. The van der Waals surface area contributed by atoms with E-state index in [4.69, 9.17) is 14.2 Å². The van der Waals surface area contributed by atoms with Crippen molar-refractivity contribution >= 4 is 23.2 Å². The Hall–Kier alpha value is -3.22. The molecule has 28 heavy (non-hydrogen) atoms. The minimum atomic E-state index is -0.554. The number of anilines is 2. The first-order valence-corrected chi connectivity index (χ1v) is 9.20. The van der Waals surface area contributed by atoms with E-state index in [-0.39, 0.29) is 18.4 Å². The molecule has 148 valence electrons. The second-order valence-electron chi connectivity index (χ2n) is 6.45. The van der Waals surface area contributed by atoms with E-state index in [1.165, 1.54) is 0 Å². The van der Waals surface area contributed by atoms with Gasteiger partial charge in [-0.1, -0.05) is 13.0 Å². The number of methoxy groups -OCH3 is 1. The van der Waals surface area contributed by atoms with E-state index in [1.54, 1.807) is 61.4 Å². The number of nitrogens with zero attached hydrogens (tertiary/aromatic N) is 1. The maximum absolute atomic E-state index is 12.3. The lowest BCUT2D eigenvalue weighted by Gasteiger charge is -2.33. The fourth-order valence-corrected chi connectivity index (χ4v) is 2.98. The van der Waals surface area contributed by atoms with Crippen LogP contribution in [0.4, 0.5) is 11.4 Å². The van der Waals surface area contributed by atoms with Crippen molar-refractivity contribution in [3.63, 3.8) is 0 Å². The van der Waals surface area contributed by atoms with Crippen LogP contribution in [0, 0.1) is 0 Å². The van der Waals surface area contributed by atoms with Crippen molar-refractivity contribution < 1.29 is 23.8 Å². The maximum Gasteiger partial charge on any atom is 0.267 e. The summed E-state index contributed by atoms with van der Waals surface area (Å²) in [6.07, 6.45) is 0.291.